The van der Waals surface area contributed by atoms with E-state index in [2.05, 4.69) is 14.9 Å². The Morgan fingerprint density at radius 2 is 1.89 bits per heavy atom. The Balaban J connectivity index is 1.70. The molecule has 146 valence electrons. The topological polar surface area (TPSA) is 90.2 Å². The van der Waals surface area contributed by atoms with Gasteiger partial charge < -0.3 is 4.90 Å². The molecule has 0 N–H and O–H groups in total. The van der Waals surface area contributed by atoms with Crippen LogP contribution in [0.1, 0.15) is 41.9 Å². The predicted molar refractivity (Wildman–Crippen MR) is 105 cm³/mol. The van der Waals surface area contributed by atoms with Crippen molar-refractivity contribution in [3.63, 3.8) is 0 Å². The predicted octanol–water partition coefficient (Wildman–Crippen LogP) is 2.39. The molecule has 0 radical (unpaired) electrons. The summed E-state index contributed by atoms with van der Waals surface area (Å²) in [5, 5.41) is 9.09. The van der Waals surface area contributed by atoms with Crippen LogP contribution in [0.3, 0.4) is 0 Å². The molecule has 0 saturated carbocycles. The van der Waals surface area contributed by atoms with Crippen LogP contribution in [0.4, 0.5) is 5.82 Å². The third-order valence-corrected chi connectivity index (χ3v) is 7.21. The monoisotopic (exact) mass is 397 g/mol. The van der Waals surface area contributed by atoms with E-state index in [1.165, 1.54) is 16.8 Å². The Morgan fingerprint density at radius 3 is 2.64 bits per heavy atom. The Bertz CT molecular complexity index is 1040. The lowest BCUT2D eigenvalue weighted by Gasteiger charge is -2.34. The largest absolute Gasteiger partial charge is 0.356 e. The van der Waals surface area contributed by atoms with Gasteiger partial charge in [-0.1, -0.05) is 6.07 Å². The first-order valence-corrected chi connectivity index (χ1v) is 11.0. The zero-order valence-corrected chi connectivity index (χ0v) is 16.7. The van der Waals surface area contributed by atoms with Gasteiger partial charge in [-0.05, 0) is 44.4 Å². The summed E-state index contributed by atoms with van der Waals surface area (Å²) in [6.45, 7) is 4.42. The van der Waals surface area contributed by atoms with E-state index >= 15 is 0 Å². The summed E-state index contributed by atoms with van der Waals surface area (Å²) in [7, 11) is -3.69. The second kappa shape index (κ2) is 7.49. The van der Waals surface area contributed by atoms with Crippen LogP contribution in [0.2, 0.25) is 0 Å². The lowest BCUT2D eigenvalue weighted by Crippen LogP contribution is -2.39. The van der Waals surface area contributed by atoms with Crippen molar-refractivity contribution in [2.75, 3.05) is 24.5 Å². The first kappa shape index (κ1) is 18.8. The molecule has 2 aliphatic rings. The lowest BCUT2D eigenvalue weighted by atomic mass is 10.1. The van der Waals surface area contributed by atoms with Crippen molar-refractivity contribution in [3.8, 4) is 6.07 Å². The van der Waals surface area contributed by atoms with Gasteiger partial charge in [-0.15, -0.1) is 0 Å². The van der Waals surface area contributed by atoms with E-state index in [9.17, 15) is 8.42 Å². The highest BCUT2D eigenvalue weighted by atomic mass is 32.2. The van der Waals surface area contributed by atoms with E-state index in [1.54, 1.807) is 18.2 Å². The van der Waals surface area contributed by atoms with Gasteiger partial charge in [0.05, 0.1) is 22.2 Å². The molecule has 2 aromatic rings. The Hall–Kier alpha value is -2.50. The zero-order valence-electron chi connectivity index (χ0n) is 15.9. The number of hydrogen-bond donors (Lipinski definition) is 0. The molecule has 1 aromatic carbocycles. The molecule has 0 bridgehead atoms. The van der Waals surface area contributed by atoms with Crippen LogP contribution >= 0.6 is 0 Å². The van der Waals surface area contributed by atoms with Gasteiger partial charge >= 0.3 is 0 Å². The average molecular weight is 398 g/mol. The maximum Gasteiger partial charge on any atom is 0.243 e. The molecule has 3 heterocycles. The van der Waals surface area contributed by atoms with E-state index in [-0.39, 0.29) is 11.4 Å². The number of nitriles is 1. The van der Waals surface area contributed by atoms with Crippen molar-refractivity contribution in [1.82, 2.24) is 14.3 Å². The average Bonchev–Trinajstić information content (AvgIpc) is 2.73. The number of aryl methyl sites for hydroxylation is 1. The van der Waals surface area contributed by atoms with Gasteiger partial charge in [-0.2, -0.15) is 9.57 Å². The van der Waals surface area contributed by atoms with Gasteiger partial charge in [0.2, 0.25) is 10.0 Å². The van der Waals surface area contributed by atoms with Crippen molar-refractivity contribution < 1.29 is 8.42 Å². The van der Waals surface area contributed by atoms with Gasteiger partial charge in [0.25, 0.3) is 0 Å². The number of benzene rings is 1. The van der Waals surface area contributed by atoms with Crippen LogP contribution in [0.5, 0.6) is 0 Å². The third kappa shape index (κ3) is 3.48. The second-order valence-electron chi connectivity index (χ2n) is 7.30. The Labute approximate surface area is 165 Å². The summed E-state index contributed by atoms with van der Waals surface area (Å²) in [6.07, 6.45) is 4.04. The fourth-order valence-corrected chi connectivity index (χ4v) is 5.40. The highest BCUT2D eigenvalue weighted by Gasteiger charge is 2.32. The summed E-state index contributed by atoms with van der Waals surface area (Å²) in [5.41, 5.74) is 2.20. The molecule has 0 aliphatic carbocycles. The third-order valence-electron chi connectivity index (χ3n) is 5.37. The SMILES string of the molecule is Cc1nc2c(c(N3CCCCC3)n1)CN(S(=O)(=O)c1cccc(C#N)c1)CC2. The molecule has 7 nitrogen and oxygen atoms in total. The van der Waals surface area contributed by atoms with E-state index in [4.69, 9.17) is 5.26 Å². The number of nitrogens with zero attached hydrogens (tertiary/aromatic N) is 5. The first-order chi connectivity index (χ1) is 13.5. The van der Waals surface area contributed by atoms with Gasteiger partial charge in [0.1, 0.15) is 11.6 Å². The van der Waals surface area contributed by atoms with Gasteiger partial charge in [0.15, 0.2) is 0 Å². The second-order valence-corrected chi connectivity index (χ2v) is 9.23. The van der Waals surface area contributed by atoms with Crippen molar-refractivity contribution in [2.24, 2.45) is 0 Å². The molecule has 0 unspecified atom stereocenters. The summed E-state index contributed by atoms with van der Waals surface area (Å²) < 4.78 is 27.8. The van der Waals surface area contributed by atoms with Crippen LogP contribution < -0.4 is 4.90 Å². The van der Waals surface area contributed by atoms with Gasteiger partial charge in [0, 0.05) is 38.2 Å². The molecule has 2 aliphatic heterocycles. The smallest absolute Gasteiger partial charge is 0.243 e. The summed E-state index contributed by atoms with van der Waals surface area (Å²) in [5.74, 6) is 1.62. The number of rotatable bonds is 3. The summed E-state index contributed by atoms with van der Waals surface area (Å²) in [4.78, 5) is 11.7. The maximum atomic E-state index is 13.2. The number of aromatic nitrogens is 2. The Kier molecular flexibility index (Phi) is 5.04. The molecule has 4 rings (SSSR count). The number of anilines is 1. The van der Waals surface area contributed by atoms with E-state index in [0.717, 1.165) is 48.8 Å². The van der Waals surface area contributed by atoms with Crippen molar-refractivity contribution in [2.45, 2.75) is 44.0 Å². The highest BCUT2D eigenvalue weighted by Crippen LogP contribution is 2.31. The van der Waals surface area contributed by atoms with Crippen molar-refractivity contribution in [3.05, 3.63) is 46.9 Å². The molecule has 1 fully saturated rings. The molecule has 0 spiro atoms. The van der Waals surface area contributed by atoms with Crippen LogP contribution in [0.25, 0.3) is 0 Å². The molecule has 1 saturated heterocycles. The van der Waals surface area contributed by atoms with E-state index in [0.29, 0.717) is 18.5 Å². The van der Waals surface area contributed by atoms with Gasteiger partial charge in [-0.3, -0.25) is 0 Å². The van der Waals surface area contributed by atoms with Gasteiger partial charge in [-0.25, -0.2) is 18.4 Å². The normalized spacial score (nSPS) is 17.8. The minimum absolute atomic E-state index is 0.155. The summed E-state index contributed by atoms with van der Waals surface area (Å²) >= 11 is 0. The van der Waals surface area contributed by atoms with Crippen molar-refractivity contribution in [1.29, 1.82) is 5.26 Å². The minimum atomic E-state index is -3.69. The highest BCUT2D eigenvalue weighted by molar-refractivity contribution is 7.89. The fraction of sp³-hybridized carbons (Fsp3) is 0.450. The van der Waals surface area contributed by atoms with E-state index in [1.807, 2.05) is 13.0 Å². The number of fused-ring (bicyclic) bond motifs is 1. The quantitative estimate of drug-likeness (QED) is 0.790. The maximum absolute atomic E-state index is 13.2. The molecule has 28 heavy (non-hydrogen) atoms. The number of sulfonamides is 1. The van der Waals surface area contributed by atoms with Crippen LogP contribution in [0.15, 0.2) is 29.2 Å². The standard InChI is InChI=1S/C20H23N5O2S/c1-15-22-19-8-11-25(28(26,27)17-7-5-6-16(12-17)13-21)14-18(19)20(23-15)24-9-3-2-4-10-24/h5-7,12H,2-4,8-11,14H2,1H3. The van der Waals surface area contributed by atoms with Crippen molar-refractivity contribution >= 4 is 15.8 Å². The van der Waals surface area contributed by atoms with E-state index < -0.39 is 10.0 Å². The van der Waals surface area contributed by atoms with Crippen LogP contribution in [-0.4, -0.2) is 42.3 Å². The fourth-order valence-electron chi connectivity index (χ4n) is 3.94. The lowest BCUT2D eigenvalue weighted by molar-refractivity contribution is 0.385. The number of hydrogen-bond acceptors (Lipinski definition) is 6. The zero-order chi connectivity index (χ0) is 19.7. The van der Waals surface area contributed by atoms with Crippen LogP contribution in [0, 0.1) is 18.3 Å². The molecule has 1 aromatic heterocycles. The minimum Gasteiger partial charge on any atom is -0.356 e. The molecule has 0 amide bonds. The first-order valence-electron chi connectivity index (χ1n) is 9.61. The Morgan fingerprint density at radius 1 is 1.11 bits per heavy atom. The molecular formula is C20H23N5O2S. The summed E-state index contributed by atoms with van der Waals surface area (Å²) in [6, 6.07) is 8.20. The number of piperidine rings is 1. The van der Waals surface area contributed by atoms with Crippen LogP contribution in [-0.2, 0) is 23.0 Å². The molecule has 0 atom stereocenters. The molecular weight excluding hydrogens is 374 g/mol. The molecule has 8 heteroatoms.